The van der Waals surface area contributed by atoms with Crippen LogP contribution in [0.3, 0.4) is 0 Å². The summed E-state index contributed by atoms with van der Waals surface area (Å²) in [5.41, 5.74) is 0.539. The maximum Gasteiger partial charge on any atom is 0.264 e. The largest absolute Gasteiger partial charge is 0.378 e. The molecule has 6 nitrogen and oxygen atoms in total. The normalized spacial score (nSPS) is 15.8. The van der Waals surface area contributed by atoms with Gasteiger partial charge in [-0.2, -0.15) is 0 Å². The number of carbonyl (C=O) groups excluding carboxylic acids is 1. The number of carbonyl (C=O) groups is 1. The Morgan fingerprint density at radius 3 is 2.75 bits per heavy atom. The van der Waals surface area contributed by atoms with E-state index in [1.807, 2.05) is 0 Å². The molecule has 0 atom stereocenters. The van der Waals surface area contributed by atoms with Crippen molar-refractivity contribution in [3.05, 3.63) is 26.6 Å². The fourth-order valence-corrected chi connectivity index (χ4v) is 3.56. The Labute approximate surface area is 119 Å². The van der Waals surface area contributed by atoms with Crippen LogP contribution in [0.1, 0.15) is 21.1 Å². The number of aromatic nitrogens is 2. The van der Waals surface area contributed by atoms with Gasteiger partial charge in [0, 0.05) is 13.1 Å². The number of ether oxygens (including phenoxy) is 1. The molecule has 0 aromatic carbocycles. The van der Waals surface area contributed by atoms with E-state index in [1.54, 1.807) is 18.7 Å². The van der Waals surface area contributed by atoms with Crippen molar-refractivity contribution in [2.24, 2.45) is 0 Å². The predicted molar refractivity (Wildman–Crippen MR) is 76.4 cm³/mol. The van der Waals surface area contributed by atoms with Gasteiger partial charge in [-0.05, 0) is 19.4 Å². The quantitative estimate of drug-likeness (QED) is 0.853. The fraction of sp³-hybridized carbons (Fsp3) is 0.462. The first kappa shape index (κ1) is 13.3. The summed E-state index contributed by atoms with van der Waals surface area (Å²) in [6, 6.07) is 0. The molecule has 20 heavy (non-hydrogen) atoms. The van der Waals surface area contributed by atoms with Gasteiger partial charge in [-0.1, -0.05) is 0 Å². The molecular formula is C13H15N3O3S. The first-order valence-corrected chi connectivity index (χ1v) is 7.26. The number of aryl methyl sites for hydroxylation is 2. The molecule has 3 heterocycles. The second-order valence-corrected chi connectivity index (χ2v) is 5.79. The number of aromatic amines is 1. The van der Waals surface area contributed by atoms with E-state index in [4.69, 9.17) is 4.74 Å². The number of H-pyrrole nitrogens is 1. The van der Waals surface area contributed by atoms with E-state index < -0.39 is 0 Å². The van der Waals surface area contributed by atoms with Gasteiger partial charge in [-0.15, -0.1) is 11.3 Å². The molecule has 106 valence electrons. The Bertz CT molecular complexity index is 728. The summed E-state index contributed by atoms with van der Waals surface area (Å²) < 4.78 is 5.25. The van der Waals surface area contributed by atoms with Crippen molar-refractivity contribution in [3.8, 4) is 0 Å². The van der Waals surface area contributed by atoms with E-state index in [0.717, 1.165) is 5.56 Å². The van der Waals surface area contributed by atoms with Crippen molar-refractivity contribution in [1.29, 1.82) is 0 Å². The number of morpholine rings is 1. The van der Waals surface area contributed by atoms with Crippen LogP contribution in [0.4, 0.5) is 0 Å². The highest BCUT2D eigenvalue weighted by Gasteiger charge is 2.24. The molecule has 7 heteroatoms. The van der Waals surface area contributed by atoms with E-state index in [0.29, 0.717) is 47.2 Å². The second kappa shape index (κ2) is 4.99. The van der Waals surface area contributed by atoms with Crippen molar-refractivity contribution in [2.45, 2.75) is 13.8 Å². The maximum atomic E-state index is 12.5. The molecule has 0 spiro atoms. The lowest BCUT2D eigenvalue weighted by atomic mass is 10.2. The molecule has 1 aliphatic rings. The van der Waals surface area contributed by atoms with Crippen LogP contribution in [0.2, 0.25) is 0 Å². The van der Waals surface area contributed by atoms with E-state index in [2.05, 4.69) is 9.97 Å². The van der Waals surface area contributed by atoms with E-state index >= 15 is 0 Å². The average molecular weight is 293 g/mol. The van der Waals surface area contributed by atoms with Crippen molar-refractivity contribution in [1.82, 2.24) is 14.9 Å². The van der Waals surface area contributed by atoms with Gasteiger partial charge >= 0.3 is 0 Å². The molecule has 2 aromatic heterocycles. The van der Waals surface area contributed by atoms with E-state index in [1.165, 1.54) is 11.3 Å². The maximum absolute atomic E-state index is 12.5. The average Bonchev–Trinajstić information content (AvgIpc) is 2.76. The second-order valence-electron chi connectivity index (χ2n) is 4.79. The van der Waals surface area contributed by atoms with Crippen LogP contribution in [0, 0.1) is 13.8 Å². The van der Waals surface area contributed by atoms with Crippen molar-refractivity contribution >= 4 is 27.5 Å². The van der Waals surface area contributed by atoms with Crippen LogP contribution in [-0.2, 0) is 4.74 Å². The summed E-state index contributed by atoms with van der Waals surface area (Å²) >= 11 is 1.29. The third-order valence-electron chi connectivity index (χ3n) is 3.41. The molecule has 1 fully saturated rings. The molecule has 0 saturated carbocycles. The summed E-state index contributed by atoms with van der Waals surface area (Å²) in [6.07, 6.45) is 0. The van der Waals surface area contributed by atoms with Crippen LogP contribution in [0.15, 0.2) is 4.79 Å². The topological polar surface area (TPSA) is 75.3 Å². The highest BCUT2D eigenvalue weighted by molar-refractivity contribution is 7.20. The highest BCUT2D eigenvalue weighted by atomic mass is 32.1. The molecule has 1 N–H and O–H groups in total. The van der Waals surface area contributed by atoms with Crippen LogP contribution in [-0.4, -0.2) is 47.1 Å². The van der Waals surface area contributed by atoms with Crippen molar-refractivity contribution in [3.63, 3.8) is 0 Å². The number of hydrogen-bond acceptors (Lipinski definition) is 5. The minimum absolute atomic E-state index is 0.0362. The van der Waals surface area contributed by atoms with E-state index in [9.17, 15) is 9.59 Å². The summed E-state index contributed by atoms with van der Waals surface area (Å²) in [5.74, 6) is 0.528. The van der Waals surface area contributed by atoms with E-state index in [-0.39, 0.29) is 11.5 Å². The molecule has 1 saturated heterocycles. The van der Waals surface area contributed by atoms with Gasteiger partial charge in [0.15, 0.2) is 0 Å². The lowest BCUT2D eigenvalue weighted by molar-refractivity contribution is 0.0306. The van der Waals surface area contributed by atoms with Crippen molar-refractivity contribution < 1.29 is 9.53 Å². The Morgan fingerprint density at radius 1 is 1.35 bits per heavy atom. The van der Waals surface area contributed by atoms with Crippen LogP contribution < -0.4 is 5.56 Å². The standard InChI is InChI=1S/C13H15N3O3S/c1-7-9-11(17)14-8(2)15-12(9)20-10(7)13(18)16-3-5-19-6-4-16/h3-6H2,1-2H3,(H,14,15,17). The number of amides is 1. The summed E-state index contributed by atoms with van der Waals surface area (Å²) in [5, 5.41) is 0.525. The molecule has 0 unspecified atom stereocenters. The SMILES string of the molecule is Cc1nc2sc(C(=O)N3CCOCC3)c(C)c2c(=O)[nH]1. The molecule has 0 bridgehead atoms. The lowest BCUT2D eigenvalue weighted by Gasteiger charge is -2.26. The summed E-state index contributed by atoms with van der Waals surface area (Å²) in [7, 11) is 0. The first-order chi connectivity index (χ1) is 9.58. The summed E-state index contributed by atoms with van der Waals surface area (Å²) in [6.45, 7) is 5.85. The lowest BCUT2D eigenvalue weighted by Crippen LogP contribution is -2.40. The number of rotatable bonds is 1. The van der Waals surface area contributed by atoms with Gasteiger partial charge < -0.3 is 14.6 Å². The number of hydrogen-bond donors (Lipinski definition) is 1. The molecule has 0 aliphatic carbocycles. The zero-order valence-electron chi connectivity index (χ0n) is 11.4. The van der Waals surface area contributed by atoms with Crippen LogP contribution in [0.5, 0.6) is 0 Å². The van der Waals surface area contributed by atoms with Gasteiger partial charge in [0.2, 0.25) is 0 Å². The van der Waals surface area contributed by atoms with Gasteiger partial charge in [-0.25, -0.2) is 4.98 Å². The zero-order valence-corrected chi connectivity index (χ0v) is 12.2. The zero-order chi connectivity index (χ0) is 14.3. The minimum Gasteiger partial charge on any atom is -0.378 e. The van der Waals surface area contributed by atoms with Gasteiger partial charge in [0.1, 0.15) is 10.7 Å². The predicted octanol–water partition coefficient (Wildman–Crippen LogP) is 1.07. The number of nitrogens with one attached hydrogen (secondary N) is 1. The Morgan fingerprint density at radius 2 is 2.05 bits per heavy atom. The van der Waals surface area contributed by atoms with Gasteiger partial charge in [0.25, 0.3) is 11.5 Å². The Kier molecular flexibility index (Phi) is 3.31. The third kappa shape index (κ3) is 2.12. The Hall–Kier alpha value is -1.73. The third-order valence-corrected chi connectivity index (χ3v) is 4.59. The molecule has 0 radical (unpaired) electrons. The number of nitrogens with zero attached hydrogens (tertiary/aromatic N) is 2. The minimum atomic E-state index is -0.178. The van der Waals surface area contributed by atoms with Gasteiger partial charge in [-0.3, -0.25) is 9.59 Å². The molecule has 1 amide bonds. The van der Waals surface area contributed by atoms with Crippen molar-refractivity contribution in [2.75, 3.05) is 26.3 Å². The highest BCUT2D eigenvalue weighted by Crippen LogP contribution is 2.28. The first-order valence-electron chi connectivity index (χ1n) is 6.45. The smallest absolute Gasteiger partial charge is 0.264 e. The number of thiophene rings is 1. The van der Waals surface area contributed by atoms with Gasteiger partial charge in [0.05, 0.1) is 23.5 Å². The molecule has 2 aromatic rings. The monoisotopic (exact) mass is 293 g/mol. The molecule has 1 aliphatic heterocycles. The molecule has 3 rings (SSSR count). The fourth-order valence-electron chi connectivity index (χ4n) is 2.37. The van der Waals surface area contributed by atoms with Crippen LogP contribution >= 0.6 is 11.3 Å². The number of fused-ring (bicyclic) bond motifs is 1. The van der Waals surface area contributed by atoms with Crippen LogP contribution in [0.25, 0.3) is 10.2 Å². The molecular weight excluding hydrogens is 278 g/mol. The summed E-state index contributed by atoms with van der Waals surface area (Å²) in [4.78, 5) is 34.5. The Balaban J connectivity index is 2.08.